The molecule has 0 aliphatic carbocycles. The molecular formula is C16H14N4O2. The van der Waals surface area contributed by atoms with Crippen LogP contribution in [-0.2, 0) is 0 Å². The van der Waals surface area contributed by atoms with Crippen LogP contribution in [0, 0.1) is 6.92 Å². The summed E-state index contributed by atoms with van der Waals surface area (Å²) in [5, 5.41) is 17.1. The van der Waals surface area contributed by atoms with E-state index in [9.17, 15) is 9.90 Å². The standard InChI is InChI=1S/C16H14N4O2/c1-10-7-8-11(9-13(10)17)15-14(16(21)22)18-19-20(15)12-5-3-2-4-6-12/h2-9H,17H2,1H3,(H,21,22). The molecule has 0 unspecified atom stereocenters. The van der Waals surface area contributed by atoms with E-state index in [-0.39, 0.29) is 5.69 Å². The summed E-state index contributed by atoms with van der Waals surface area (Å²) in [7, 11) is 0. The molecule has 22 heavy (non-hydrogen) atoms. The Hall–Kier alpha value is -3.15. The molecule has 3 aromatic rings. The fourth-order valence-corrected chi connectivity index (χ4v) is 2.22. The number of para-hydroxylation sites is 1. The fourth-order valence-electron chi connectivity index (χ4n) is 2.22. The minimum atomic E-state index is -1.13. The summed E-state index contributed by atoms with van der Waals surface area (Å²) in [5.41, 5.74) is 9.16. The third-order valence-corrected chi connectivity index (χ3v) is 3.43. The van der Waals surface area contributed by atoms with Crippen LogP contribution in [0.1, 0.15) is 16.1 Å². The number of aryl methyl sites for hydroxylation is 1. The first kappa shape index (κ1) is 13.8. The molecule has 0 bridgehead atoms. The SMILES string of the molecule is Cc1ccc(-c2c(C(=O)O)nnn2-c2ccccc2)cc1N. The maximum atomic E-state index is 11.4. The van der Waals surface area contributed by atoms with Crippen molar-refractivity contribution in [2.24, 2.45) is 0 Å². The maximum absolute atomic E-state index is 11.4. The summed E-state index contributed by atoms with van der Waals surface area (Å²) in [5.74, 6) is -1.13. The van der Waals surface area contributed by atoms with Gasteiger partial charge in [0.15, 0.2) is 5.69 Å². The number of benzene rings is 2. The highest BCUT2D eigenvalue weighted by molar-refractivity contribution is 5.93. The van der Waals surface area contributed by atoms with Crippen molar-refractivity contribution in [1.29, 1.82) is 0 Å². The van der Waals surface area contributed by atoms with E-state index in [4.69, 9.17) is 5.73 Å². The van der Waals surface area contributed by atoms with Gasteiger partial charge in [-0.25, -0.2) is 9.48 Å². The quantitative estimate of drug-likeness (QED) is 0.724. The third-order valence-electron chi connectivity index (χ3n) is 3.43. The van der Waals surface area contributed by atoms with Crippen LogP contribution in [0.25, 0.3) is 16.9 Å². The van der Waals surface area contributed by atoms with Gasteiger partial charge in [0.1, 0.15) is 5.69 Å². The Morgan fingerprint density at radius 2 is 1.91 bits per heavy atom. The van der Waals surface area contributed by atoms with Crippen molar-refractivity contribution in [3.05, 3.63) is 59.8 Å². The van der Waals surface area contributed by atoms with Gasteiger partial charge in [0.25, 0.3) is 0 Å². The first-order chi connectivity index (χ1) is 10.6. The summed E-state index contributed by atoms with van der Waals surface area (Å²) >= 11 is 0. The molecule has 6 nitrogen and oxygen atoms in total. The van der Waals surface area contributed by atoms with Gasteiger partial charge in [-0.3, -0.25) is 0 Å². The summed E-state index contributed by atoms with van der Waals surface area (Å²) < 4.78 is 1.51. The van der Waals surface area contributed by atoms with Crippen molar-refractivity contribution in [2.45, 2.75) is 6.92 Å². The minimum Gasteiger partial charge on any atom is -0.476 e. The molecule has 0 saturated carbocycles. The van der Waals surface area contributed by atoms with Gasteiger partial charge in [-0.1, -0.05) is 35.5 Å². The highest BCUT2D eigenvalue weighted by Crippen LogP contribution is 2.28. The zero-order valence-electron chi connectivity index (χ0n) is 11.9. The average molecular weight is 294 g/mol. The van der Waals surface area contributed by atoms with Gasteiger partial charge in [-0.2, -0.15) is 0 Å². The minimum absolute atomic E-state index is 0.105. The highest BCUT2D eigenvalue weighted by Gasteiger charge is 2.21. The van der Waals surface area contributed by atoms with Gasteiger partial charge in [-0.15, -0.1) is 5.10 Å². The van der Waals surface area contributed by atoms with E-state index in [0.717, 1.165) is 11.3 Å². The van der Waals surface area contributed by atoms with Crippen molar-refractivity contribution in [3.8, 4) is 16.9 Å². The number of nitrogen functional groups attached to an aromatic ring is 1. The van der Waals surface area contributed by atoms with E-state index in [0.29, 0.717) is 16.9 Å². The van der Waals surface area contributed by atoms with Crippen LogP contribution >= 0.6 is 0 Å². The summed E-state index contributed by atoms with van der Waals surface area (Å²) in [4.78, 5) is 11.4. The van der Waals surface area contributed by atoms with E-state index >= 15 is 0 Å². The van der Waals surface area contributed by atoms with E-state index in [1.165, 1.54) is 4.68 Å². The van der Waals surface area contributed by atoms with E-state index in [1.54, 1.807) is 6.07 Å². The van der Waals surface area contributed by atoms with Gasteiger partial charge in [-0.05, 0) is 30.7 Å². The molecule has 2 aromatic carbocycles. The molecule has 0 saturated heterocycles. The lowest BCUT2D eigenvalue weighted by Gasteiger charge is -2.09. The molecule has 0 fully saturated rings. The number of carboxylic acid groups (broad SMARTS) is 1. The van der Waals surface area contributed by atoms with Gasteiger partial charge in [0, 0.05) is 11.3 Å². The smallest absolute Gasteiger partial charge is 0.358 e. The maximum Gasteiger partial charge on any atom is 0.358 e. The lowest BCUT2D eigenvalue weighted by atomic mass is 10.1. The van der Waals surface area contributed by atoms with E-state index in [2.05, 4.69) is 10.3 Å². The van der Waals surface area contributed by atoms with Crippen LogP contribution < -0.4 is 5.73 Å². The first-order valence-electron chi connectivity index (χ1n) is 6.69. The van der Waals surface area contributed by atoms with Gasteiger partial charge < -0.3 is 10.8 Å². The lowest BCUT2D eigenvalue weighted by molar-refractivity contribution is 0.0691. The molecule has 0 aliphatic rings. The number of anilines is 1. The number of rotatable bonds is 3. The average Bonchev–Trinajstić information content (AvgIpc) is 2.96. The van der Waals surface area contributed by atoms with E-state index < -0.39 is 5.97 Å². The lowest BCUT2D eigenvalue weighted by Crippen LogP contribution is -2.03. The van der Waals surface area contributed by atoms with Crippen molar-refractivity contribution < 1.29 is 9.90 Å². The molecule has 0 spiro atoms. The second-order valence-corrected chi connectivity index (χ2v) is 4.91. The fraction of sp³-hybridized carbons (Fsp3) is 0.0625. The number of aromatic nitrogens is 3. The molecule has 1 heterocycles. The summed E-state index contributed by atoms with van der Waals surface area (Å²) in [6, 6.07) is 14.6. The predicted molar refractivity (Wildman–Crippen MR) is 82.9 cm³/mol. The van der Waals surface area contributed by atoms with Crippen LogP contribution in [0.15, 0.2) is 48.5 Å². The Balaban J connectivity index is 2.26. The van der Waals surface area contributed by atoms with Gasteiger partial charge in [0.05, 0.1) is 5.69 Å². The van der Waals surface area contributed by atoms with Gasteiger partial charge >= 0.3 is 5.97 Å². The molecule has 0 radical (unpaired) electrons. The highest BCUT2D eigenvalue weighted by atomic mass is 16.4. The third kappa shape index (κ3) is 2.31. The van der Waals surface area contributed by atoms with Crippen LogP contribution in [0.4, 0.5) is 5.69 Å². The second-order valence-electron chi connectivity index (χ2n) is 4.91. The van der Waals surface area contributed by atoms with Gasteiger partial charge in [0.2, 0.25) is 0 Å². The molecule has 0 atom stereocenters. The van der Waals surface area contributed by atoms with E-state index in [1.807, 2.05) is 49.4 Å². The molecule has 0 amide bonds. The molecular weight excluding hydrogens is 280 g/mol. The predicted octanol–water partition coefficient (Wildman–Crippen LogP) is 2.52. The topological polar surface area (TPSA) is 94.0 Å². The number of carboxylic acids is 1. The molecule has 3 N–H and O–H groups in total. The molecule has 1 aromatic heterocycles. The molecule has 3 rings (SSSR count). The monoisotopic (exact) mass is 294 g/mol. The number of nitrogens with two attached hydrogens (primary N) is 1. The Morgan fingerprint density at radius 1 is 1.18 bits per heavy atom. The summed E-state index contributed by atoms with van der Waals surface area (Å²) in [6.45, 7) is 1.89. The number of hydrogen-bond acceptors (Lipinski definition) is 4. The molecule has 0 aliphatic heterocycles. The van der Waals surface area contributed by atoms with Crippen molar-refractivity contribution in [3.63, 3.8) is 0 Å². The Bertz CT molecular complexity index is 841. The molecule has 6 heteroatoms. The second kappa shape index (κ2) is 5.33. The Labute approximate surface area is 126 Å². The number of aromatic carboxylic acids is 1. The van der Waals surface area contributed by atoms with Crippen LogP contribution in [0.3, 0.4) is 0 Å². The number of carbonyl (C=O) groups is 1. The Kier molecular flexibility index (Phi) is 3.34. The normalized spacial score (nSPS) is 10.6. The first-order valence-corrected chi connectivity index (χ1v) is 6.69. The Morgan fingerprint density at radius 3 is 2.55 bits per heavy atom. The number of hydrogen-bond donors (Lipinski definition) is 2. The number of nitrogens with zero attached hydrogens (tertiary/aromatic N) is 3. The van der Waals surface area contributed by atoms with Crippen LogP contribution in [0.2, 0.25) is 0 Å². The van der Waals surface area contributed by atoms with Crippen LogP contribution in [0.5, 0.6) is 0 Å². The molecule has 110 valence electrons. The van der Waals surface area contributed by atoms with Crippen molar-refractivity contribution in [1.82, 2.24) is 15.0 Å². The summed E-state index contributed by atoms with van der Waals surface area (Å²) in [6.07, 6.45) is 0. The van der Waals surface area contributed by atoms with Crippen molar-refractivity contribution >= 4 is 11.7 Å². The zero-order valence-corrected chi connectivity index (χ0v) is 11.9. The zero-order chi connectivity index (χ0) is 15.7. The van der Waals surface area contributed by atoms with Crippen molar-refractivity contribution in [2.75, 3.05) is 5.73 Å². The largest absolute Gasteiger partial charge is 0.476 e. The van der Waals surface area contributed by atoms with Crippen LogP contribution in [-0.4, -0.2) is 26.1 Å².